The summed E-state index contributed by atoms with van der Waals surface area (Å²) in [6, 6.07) is 5.51. The standard InChI is InChI=1S/C20H20N2O5/c23-18(24)11-27-21-17-7-3-4-12-8-9-13(10-16(12)17)22-19(25)14-5-1-2-6-15(14)20(22)26/h7-10,21H,1-6,11H2,(H,23,24). The van der Waals surface area contributed by atoms with Gasteiger partial charge in [-0.1, -0.05) is 12.1 Å². The molecule has 4 rings (SSSR count). The van der Waals surface area contributed by atoms with Crippen molar-refractivity contribution in [3.8, 4) is 0 Å². The molecule has 0 atom stereocenters. The van der Waals surface area contributed by atoms with E-state index in [0.29, 0.717) is 35.4 Å². The summed E-state index contributed by atoms with van der Waals surface area (Å²) >= 11 is 0. The van der Waals surface area contributed by atoms with Crippen LogP contribution in [0.3, 0.4) is 0 Å². The number of hydrogen-bond acceptors (Lipinski definition) is 5. The van der Waals surface area contributed by atoms with Crippen LogP contribution in [0.1, 0.15) is 43.2 Å². The lowest BCUT2D eigenvalue weighted by Gasteiger charge is -2.22. The number of carboxylic acid groups (broad SMARTS) is 1. The zero-order valence-electron chi connectivity index (χ0n) is 14.8. The molecule has 0 bridgehead atoms. The number of aryl methyl sites for hydroxylation is 1. The Morgan fingerprint density at radius 2 is 1.81 bits per heavy atom. The van der Waals surface area contributed by atoms with E-state index in [0.717, 1.165) is 36.8 Å². The van der Waals surface area contributed by atoms with Crippen molar-refractivity contribution in [1.29, 1.82) is 0 Å². The van der Waals surface area contributed by atoms with Gasteiger partial charge in [0.15, 0.2) is 6.61 Å². The third-order valence-corrected chi connectivity index (χ3v) is 5.17. The molecule has 140 valence electrons. The van der Waals surface area contributed by atoms with Crippen molar-refractivity contribution in [1.82, 2.24) is 5.48 Å². The molecule has 2 N–H and O–H groups in total. The normalized spacial score (nSPS) is 19.0. The molecule has 0 saturated heterocycles. The van der Waals surface area contributed by atoms with Crippen LogP contribution < -0.4 is 10.4 Å². The van der Waals surface area contributed by atoms with Crippen molar-refractivity contribution < 1.29 is 24.3 Å². The van der Waals surface area contributed by atoms with Gasteiger partial charge < -0.3 is 5.11 Å². The topological polar surface area (TPSA) is 95.9 Å². The summed E-state index contributed by atoms with van der Waals surface area (Å²) in [7, 11) is 0. The third-order valence-electron chi connectivity index (χ3n) is 5.17. The molecule has 0 unspecified atom stereocenters. The molecule has 2 amide bonds. The van der Waals surface area contributed by atoms with Crippen molar-refractivity contribution in [2.24, 2.45) is 0 Å². The van der Waals surface area contributed by atoms with Gasteiger partial charge in [-0.3, -0.25) is 19.9 Å². The van der Waals surface area contributed by atoms with E-state index < -0.39 is 12.6 Å². The van der Waals surface area contributed by atoms with Gasteiger partial charge in [-0.2, -0.15) is 0 Å². The molecule has 1 aliphatic heterocycles. The molecule has 0 radical (unpaired) electrons. The summed E-state index contributed by atoms with van der Waals surface area (Å²) in [6.45, 7) is -0.466. The second-order valence-electron chi connectivity index (χ2n) is 6.89. The molecule has 0 spiro atoms. The molecular formula is C20H20N2O5. The van der Waals surface area contributed by atoms with Gasteiger partial charge in [0.05, 0.1) is 11.4 Å². The minimum atomic E-state index is -1.07. The highest BCUT2D eigenvalue weighted by atomic mass is 16.7. The van der Waals surface area contributed by atoms with Gasteiger partial charge in [-0.15, -0.1) is 0 Å². The van der Waals surface area contributed by atoms with Crippen LogP contribution in [0.2, 0.25) is 0 Å². The van der Waals surface area contributed by atoms with Crippen molar-refractivity contribution in [2.45, 2.75) is 38.5 Å². The molecular weight excluding hydrogens is 348 g/mol. The summed E-state index contributed by atoms with van der Waals surface area (Å²) in [5.74, 6) is -1.50. The van der Waals surface area contributed by atoms with Crippen LogP contribution in [0, 0.1) is 0 Å². The first-order valence-electron chi connectivity index (χ1n) is 9.10. The fourth-order valence-corrected chi connectivity index (χ4v) is 3.90. The maximum absolute atomic E-state index is 12.8. The Hall–Kier alpha value is -2.93. The number of hydroxylamine groups is 1. The quantitative estimate of drug-likeness (QED) is 0.612. The summed E-state index contributed by atoms with van der Waals surface area (Å²) < 4.78 is 0. The molecule has 7 nitrogen and oxygen atoms in total. The van der Waals surface area contributed by atoms with E-state index in [1.807, 2.05) is 12.1 Å². The van der Waals surface area contributed by atoms with E-state index in [9.17, 15) is 14.4 Å². The number of nitrogens with one attached hydrogen (secondary N) is 1. The second kappa shape index (κ2) is 7.00. The zero-order chi connectivity index (χ0) is 19.0. The number of nitrogens with zero attached hydrogens (tertiary/aromatic N) is 1. The fourth-order valence-electron chi connectivity index (χ4n) is 3.90. The van der Waals surface area contributed by atoms with Crippen LogP contribution in [0.15, 0.2) is 35.4 Å². The number of allylic oxidation sites excluding steroid dienone is 1. The van der Waals surface area contributed by atoms with Crippen molar-refractivity contribution in [3.05, 3.63) is 46.5 Å². The summed E-state index contributed by atoms with van der Waals surface area (Å²) in [5.41, 5.74) is 7.04. The number of rotatable bonds is 5. The molecule has 3 aliphatic rings. The highest BCUT2D eigenvalue weighted by Crippen LogP contribution is 2.37. The monoisotopic (exact) mass is 368 g/mol. The first-order valence-corrected chi connectivity index (χ1v) is 9.10. The lowest BCUT2D eigenvalue weighted by atomic mass is 9.93. The number of aliphatic carboxylic acids is 1. The van der Waals surface area contributed by atoms with Gasteiger partial charge in [0.25, 0.3) is 11.8 Å². The lowest BCUT2D eigenvalue weighted by Crippen LogP contribution is -2.31. The van der Waals surface area contributed by atoms with Gasteiger partial charge in [-0.25, -0.2) is 9.69 Å². The Morgan fingerprint density at radius 1 is 1.11 bits per heavy atom. The van der Waals surface area contributed by atoms with Crippen LogP contribution in [-0.4, -0.2) is 29.5 Å². The largest absolute Gasteiger partial charge is 0.479 e. The third kappa shape index (κ3) is 3.14. The first-order chi connectivity index (χ1) is 13.1. The SMILES string of the molecule is O=C(O)CONC1=CCCc2ccc(N3C(=O)C4=C(CCCC4)C3=O)cc21. The summed E-state index contributed by atoms with van der Waals surface area (Å²) in [6.07, 6.45) is 6.75. The highest BCUT2D eigenvalue weighted by molar-refractivity contribution is 6.33. The van der Waals surface area contributed by atoms with Gasteiger partial charge >= 0.3 is 5.97 Å². The number of fused-ring (bicyclic) bond motifs is 1. The fraction of sp³-hybridized carbons (Fsp3) is 0.350. The van der Waals surface area contributed by atoms with Crippen molar-refractivity contribution >= 4 is 29.2 Å². The minimum absolute atomic E-state index is 0.217. The molecule has 1 heterocycles. The number of carboxylic acids is 1. The van der Waals surface area contributed by atoms with E-state index in [2.05, 4.69) is 5.48 Å². The number of benzene rings is 1. The van der Waals surface area contributed by atoms with E-state index in [4.69, 9.17) is 9.94 Å². The predicted molar refractivity (Wildman–Crippen MR) is 97.5 cm³/mol. The van der Waals surface area contributed by atoms with E-state index in [1.54, 1.807) is 12.1 Å². The van der Waals surface area contributed by atoms with Gasteiger partial charge in [0.2, 0.25) is 0 Å². The molecule has 2 aliphatic carbocycles. The Balaban J connectivity index is 1.61. The smallest absolute Gasteiger partial charge is 0.332 e. The van der Waals surface area contributed by atoms with Gasteiger partial charge in [0, 0.05) is 16.7 Å². The summed E-state index contributed by atoms with van der Waals surface area (Å²) in [5, 5.41) is 8.71. The van der Waals surface area contributed by atoms with Gasteiger partial charge in [0.1, 0.15) is 0 Å². The molecule has 0 fully saturated rings. The molecule has 7 heteroatoms. The maximum atomic E-state index is 12.8. The highest BCUT2D eigenvalue weighted by Gasteiger charge is 2.39. The van der Waals surface area contributed by atoms with Crippen LogP contribution in [0.5, 0.6) is 0 Å². The predicted octanol–water partition coefficient (Wildman–Crippen LogP) is 2.32. The second-order valence-corrected chi connectivity index (χ2v) is 6.89. The van der Waals surface area contributed by atoms with Crippen molar-refractivity contribution in [2.75, 3.05) is 11.5 Å². The van der Waals surface area contributed by atoms with Crippen LogP contribution in [-0.2, 0) is 25.6 Å². The molecule has 1 aromatic rings. The number of anilines is 1. The molecule has 1 aromatic carbocycles. The molecule has 0 saturated carbocycles. The molecule has 0 aromatic heterocycles. The van der Waals surface area contributed by atoms with Crippen LogP contribution in [0.4, 0.5) is 5.69 Å². The van der Waals surface area contributed by atoms with E-state index in [-0.39, 0.29) is 11.8 Å². The Kier molecular flexibility index (Phi) is 4.53. The Morgan fingerprint density at radius 3 is 2.48 bits per heavy atom. The van der Waals surface area contributed by atoms with Crippen LogP contribution in [0.25, 0.3) is 5.70 Å². The maximum Gasteiger partial charge on any atom is 0.332 e. The lowest BCUT2D eigenvalue weighted by molar-refractivity contribution is -0.144. The van der Waals surface area contributed by atoms with Crippen LogP contribution >= 0.6 is 0 Å². The van der Waals surface area contributed by atoms with E-state index >= 15 is 0 Å². The average Bonchev–Trinajstić information content (AvgIpc) is 2.92. The first kappa shape index (κ1) is 17.5. The van der Waals surface area contributed by atoms with Gasteiger partial charge in [-0.05, 0) is 56.2 Å². The number of carbonyl (C=O) groups excluding carboxylic acids is 2. The summed E-state index contributed by atoms with van der Waals surface area (Å²) in [4.78, 5) is 42.5. The van der Waals surface area contributed by atoms with E-state index in [1.165, 1.54) is 4.90 Å². The Labute approximate surface area is 156 Å². The number of amides is 2. The molecule has 27 heavy (non-hydrogen) atoms. The minimum Gasteiger partial charge on any atom is -0.479 e. The number of carbonyl (C=O) groups is 3. The zero-order valence-corrected chi connectivity index (χ0v) is 14.8. The Bertz CT molecular complexity index is 872. The number of hydrogen-bond donors (Lipinski definition) is 2. The average molecular weight is 368 g/mol. The van der Waals surface area contributed by atoms with Crippen molar-refractivity contribution in [3.63, 3.8) is 0 Å². The number of imide groups is 1.